The number of pyridine rings is 2. The Morgan fingerprint density at radius 2 is 1.85 bits per heavy atom. The summed E-state index contributed by atoms with van der Waals surface area (Å²) in [6.45, 7) is 1.82. The van der Waals surface area contributed by atoms with E-state index in [0.717, 1.165) is 10.1 Å². The Balaban J connectivity index is 1.68. The summed E-state index contributed by atoms with van der Waals surface area (Å²) in [6, 6.07) is 11.1. The number of hydrogen-bond acceptors (Lipinski definition) is 7. The van der Waals surface area contributed by atoms with Crippen molar-refractivity contribution in [3.63, 3.8) is 0 Å². The van der Waals surface area contributed by atoms with Crippen molar-refractivity contribution >= 4 is 28.4 Å². The van der Waals surface area contributed by atoms with E-state index < -0.39 is 17.2 Å². The highest BCUT2D eigenvalue weighted by Crippen LogP contribution is 2.24. The molecule has 0 saturated heterocycles. The second-order valence-corrected chi connectivity index (χ2v) is 7.75. The standard InChI is InChI=1S/C23H20ClN5O5/c1-12(13-4-6-14(24)7-5-13)26-20(30)17-10-16-15(11-25-17)22(31)29(23(32)27-16)19-9-8-18(33-2)21(28-19)34-3/h4-12H,1-3H3,(H,26,30)(H,27,32). The summed E-state index contributed by atoms with van der Waals surface area (Å²) in [5.41, 5.74) is -0.301. The first-order valence-electron chi connectivity index (χ1n) is 10.1. The molecule has 11 heteroatoms. The van der Waals surface area contributed by atoms with Gasteiger partial charge in [0.05, 0.1) is 31.2 Å². The predicted octanol–water partition coefficient (Wildman–Crippen LogP) is 2.63. The Labute approximate surface area is 198 Å². The Hall–Kier alpha value is -4.18. The zero-order chi connectivity index (χ0) is 24.4. The van der Waals surface area contributed by atoms with E-state index in [2.05, 4.69) is 20.3 Å². The fourth-order valence-corrected chi connectivity index (χ4v) is 3.52. The molecule has 34 heavy (non-hydrogen) atoms. The fraction of sp³-hybridized carbons (Fsp3) is 0.174. The number of carbonyl (C=O) groups is 1. The molecule has 0 saturated carbocycles. The third kappa shape index (κ3) is 4.35. The number of aromatic nitrogens is 4. The lowest BCUT2D eigenvalue weighted by Gasteiger charge is -2.14. The van der Waals surface area contributed by atoms with Crippen LogP contribution < -0.4 is 26.0 Å². The molecule has 4 rings (SSSR count). The number of ether oxygens (including phenoxy) is 2. The monoisotopic (exact) mass is 481 g/mol. The molecule has 1 amide bonds. The number of benzene rings is 1. The van der Waals surface area contributed by atoms with Gasteiger partial charge in [0.2, 0.25) is 0 Å². The lowest BCUT2D eigenvalue weighted by molar-refractivity contribution is 0.0935. The van der Waals surface area contributed by atoms with Crippen LogP contribution >= 0.6 is 11.6 Å². The summed E-state index contributed by atoms with van der Waals surface area (Å²) in [6.07, 6.45) is 1.24. The number of nitrogens with one attached hydrogen (secondary N) is 2. The summed E-state index contributed by atoms with van der Waals surface area (Å²) in [5.74, 6) is 0.0494. The third-order valence-corrected chi connectivity index (χ3v) is 5.44. The number of carbonyl (C=O) groups excluding carboxylic acids is 1. The number of aromatic amines is 1. The van der Waals surface area contributed by atoms with Crippen molar-refractivity contribution in [2.75, 3.05) is 14.2 Å². The van der Waals surface area contributed by atoms with Crippen molar-refractivity contribution < 1.29 is 14.3 Å². The molecular formula is C23H20ClN5O5. The molecule has 2 N–H and O–H groups in total. The van der Waals surface area contributed by atoms with E-state index in [4.69, 9.17) is 21.1 Å². The number of fused-ring (bicyclic) bond motifs is 1. The number of nitrogens with zero attached hydrogens (tertiary/aromatic N) is 3. The summed E-state index contributed by atoms with van der Waals surface area (Å²) >= 11 is 5.91. The van der Waals surface area contributed by atoms with Crippen LogP contribution in [0.25, 0.3) is 16.7 Å². The molecular weight excluding hydrogens is 462 g/mol. The first kappa shape index (κ1) is 23.0. The number of rotatable bonds is 6. The molecule has 0 radical (unpaired) electrons. The van der Waals surface area contributed by atoms with Crippen molar-refractivity contribution in [2.45, 2.75) is 13.0 Å². The zero-order valence-corrected chi connectivity index (χ0v) is 19.2. The van der Waals surface area contributed by atoms with Gasteiger partial charge in [-0.3, -0.25) is 14.6 Å². The van der Waals surface area contributed by atoms with Crippen molar-refractivity contribution in [3.8, 4) is 17.4 Å². The van der Waals surface area contributed by atoms with Gasteiger partial charge in [-0.15, -0.1) is 0 Å². The van der Waals surface area contributed by atoms with Gasteiger partial charge in [-0.1, -0.05) is 23.7 Å². The van der Waals surface area contributed by atoms with Gasteiger partial charge in [0.15, 0.2) is 5.75 Å². The molecule has 0 bridgehead atoms. The van der Waals surface area contributed by atoms with Crippen molar-refractivity contribution in [1.82, 2.24) is 24.8 Å². The number of hydrogen-bond donors (Lipinski definition) is 2. The molecule has 4 aromatic rings. The molecule has 0 spiro atoms. The Bertz CT molecular complexity index is 1500. The van der Waals surface area contributed by atoms with E-state index in [9.17, 15) is 14.4 Å². The maximum Gasteiger partial charge on any atom is 0.334 e. The van der Waals surface area contributed by atoms with Crippen LogP contribution in [0.5, 0.6) is 11.6 Å². The maximum atomic E-state index is 13.1. The van der Waals surface area contributed by atoms with Gasteiger partial charge >= 0.3 is 5.69 Å². The smallest absolute Gasteiger partial charge is 0.334 e. The van der Waals surface area contributed by atoms with Gasteiger partial charge in [-0.25, -0.2) is 9.36 Å². The molecule has 0 aliphatic heterocycles. The zero-order valence-electron chi connectivity index (χ0n) is 18.5. The first-order chi connectivity index (χ1) is 16.3. The molecule has 174 valence electrons. The average molecular weight is 482 g/mol. The van der Waals surface area contributed by atoms with Crippen molar-refractivity contribution in [2.24, 2.45) is 0 Å². The van der Waals surface area contributed by atoms with E-state index in [0.29, 0.717) is 10.8 Å². The number of H-pyrrole nitrogens is 1. The minimum atomic E-state index is -0.732. The quantitative estimate of drug-likeness (QED) is 0.433. The lowest BCUT2D eigenvalue weighted by atomic mass is 10.1. The highest BCUT2D eigenvalue weighted by atomic mass is 35.5. The van der Waals surface area contributed by atoms with Crippen molar-refractivity contribution in [3.05, 3.63) is 85.8 Å². The molecule has 0 fully saturated rings. The van der Waals surface area contributed by atoms with Gasteiger partial charge in [0.25, 0.3) is 17.3 Å². The van der Waals surface area contributed by atoms with E-state index in [1.165, 1.54) is 38.6 Å². The van der Waals surface area contributed by atoms with E-state index in [-0.39, 0.29) is 34.3 Å². The Morgan fingerprint density at radius 1 is 1.12 bits per heavy atom. The lowest BCUT2D eigenvalue weighted by Crippen LogP contribution is -2.34. The topological polar surface area (TPSA) is 128 Å². The normalized spacial score (nSPS) is 11.8. The molecule has 1 unspecified atom stereocenters. The van der Waals surface area contributed by atoms with Crippen LogP contribution in [0.2, 0.25) is 5.02 Å². The second-order valence-electron chi connectivity index (χ2n) is 7.31. The average Bonchev–Trinajstić information content (AvgIpc) is 2.83. The van der Waals surface area contributed by atoms with Gasteiger partial charge in [-0.05, 0) is 42.8 Å². The van der Waals surface area contributed by atoms with Crippen LogP contribution in [0.4, 0.5) is 0 Å². The fourth-order valence-electron chi connectivity index (χ4n) is 3.39. The molecule has 0 aliphatic carbocycles. The molecule has 0 aliphatic rings. The number of halogens is 1. The third-order valence-electron chi connectivity index (χ3n) is 5.19. The highest BCUT2D eigenvalue weighted by Gasteiger charge is 2.17. The van der Waals surface area contributed by atoms with Crippen LogP contribution in [0.15, 0.2) is 58.3 Å². The van der Waals surface area contributed by atoms with Crippen LogP contribution in [0.1, 0.15) is 29.0 Å². The van der Waals surface area contributed by atoms with E-state index in [1.807, 2.05) is 19.1 Å². The predicted molar refractivity (Wildman–Crippen MR) is 126 cm³/mol. The van der Waals surface area contributed by atoms with Gasteiger partial charge in [-0.2, -0.15) is 4.98 Å². The molecule has 1 atom stereocenters. The molecule has 1 aromatic carbocycles. The van der Waals surface area contributed by atoms with Gasteiger partial charge < -0.3 is 19.8 Å². The van der Waals surface area contributed by atoms with Crippen LogP contribution in [-0.4, -0.2) is 39.6 Å². The first-order valence-corrected chi connectivity index (χ1v) is 10.5. The number of methoxy groups -OCH3 is 2. The summed E-state index contributed by atoms with van der Waals surface area (Å²) in [7, 11) is 2.84. The molecule has 10 nitrogen and oxygen atoms in total. The SMILES string of the molecule is COc1ccc(-n2c(=O)[nH]c3cc(C(=O)NC(C)c4ccc(Cl)cc4)ncc3c2=O)nc1OC. The minimum absolute atomic E-state index is 0.0457. The largest absolute Gasteiger partial charge is 0.491 e. The summed E-state index contributed by atoms with van der Waals surface area (Å²) in [4.78, 5) is 49.4. The maximum absolute atomic E-state index is 13.1. The summed E-state index contributed by atoms with van der Waals surface area (Å²) < 4.78 is 11.1. The minimum Gasteiger partial charge on any atom is -0.491 e. The second kappa shape index (κ2) is 9.36. The van der Waals surface area contributed by atoms with Gasteiger partial charge in [0.1, 0.15) is 11.5 Å². The Kier molecular flexibility index (Phi) is 6.33. The Morgan fingerprint density at radius 3 is 2.53 bits per heavy atom. The van der Waals surface area contributed by atoms with Gasteiger partial charge in [0, 0.05) is 11.2 Å². The van der Waals surface area contributed by atoms with E-state index >= 15 is 0 Å². The number of amides is 1. The van der Waals surface area contributed by atoms with Crippen LogP contribution in [-0.2, 0) is 0 Å². The molecule has 3 aromatic heterocycles. The van der Waals surface area contributed by atoms with E-state index in [1.54, 1.807) is 12.1 Å². The van der Waals surface area contributed by atoms with Crippen molar-refractivity contribution in [1.29, 1.82) is 0 Å². The molecule has 3 heterocycles. The summed E-state index contributed by atoms with van der Waals surface area (Å²) in [5, 5.41) is 3.53. The van der Waals surface area contributed by atoms with Crippen LogP contribution in [0, 0.1) is 0 Å². The van der Waals surface area contributed by atoms with Crippen LogP contribution in [0.3, 0.4) is 0 Å². The highest BCUT2D eigenvalue weighted by molar-refractivity contribution is 6.30.